The number of halogens is 1. The van der Waals surface area contributed by atoms with Crippen LogP contribution in [0.3, 0.4) is 0 Å². The van der Waals surface area contributed by atoms with Crippen LogP contribution in [0.5, 0.6) is 0 Å². The molecule has 1 aromatic carbocycles. The van der Waals surface area contributed by atoms with Gasteiger partial charge in [-0.1, -0.05) is 34.1 Å². The van der Waals surface area contributed by atoms with Crippen molar-refractivity contribution < 1.29 is 0 Å². The highest BCUT2D eigenvalue weighted by atomic mass is 79.9. The highest BCUT2D eigenvalue weighted by Crippen LogP contribution is 2.19. The normalized spacial score (nSPS) is 11.8. The number of hydrogen-bond acceptors (Lipinski definition) is 2. The molecule has 0 aliphatic carbocycles. The third-order valence-corrected chi connectivity index (χ3v) is 4.00. The summed E-state index contributed by atoms with van der Waals surface area (Å²) in [5.41, 5.74) is 2.59. The van der Waals surface area contributed by atoms with E-state index in [1.165, 1.54) is 11.3 Å². The lowest BCUT2D eigenvalue weighted by atomic mass is 10.1. The summed E-state index contributed by atoms with van der Waals surface area (Å²) >= 11 is 3.61. The van der Waals surface area contributed by atoms with Gasteiger partial charge < -0.3 is 9.88 Å². The van der Waals surface area contributed by atoms with E-state index < -0.39 is 0 Å². The van der Waals surface area contributed by atoms with Crippen molar-refractivity contribution in [3.8, 4) is 0 Å². The van der Waals surface area contributed by atoms with Gasteiger partial charge in [0.1, 0.15) is 5.82 Å². The van der Waals surface area contributed by atoms with Crippen LogP contribution in [0.1, 0.15) is 37.9 Å². The maximum atomic E-state index is 4.45. The molecule has 108 valence electrons. The first-order chi connectivity index (χ1) is 9.37. The molecule has 0 fully saturated rings. The SMILES string of the molecule is Cc1ncc(CNC(C)(C)C)n1Cc1ccccc1Br. The van der Waals surface area contributed by atoms with E-state index in [2.05, 4.69) is 76.7 Å². The Morgan fingerprint density at radius 3 is 2.60 bits per heavy atom. The minimum Gasteiger partial charge on any atom is -0.327 e. The molecule has 0 amide bonds. The molecular weight excluding hydrogens is 314 g/mol. The van der Waals surface area contributed by atoms with Crippen LogP contribution in [0.2, 0.25) is 0 Å². The van der Waals surface area contributed by atoms with Crippen molar-refractivity contribution in [3.05, 3.63) is 52.0 Å². The van der Waals surface area contributed by atoms with Gasteiger partial charge in [-0.05, 0) is 39.3 Å². The third kappa shape index (κ3) is 3.93. The molecule has 20 heavy (non-hydrogen) atoms. The molecule has 0 radical (unpaired) electrons. The fraction of sp³-hybridized carbons (Fsp3) is 0.438. The van der Waals surface area contributed by atoms with Gasteiger partial charge in [-0.15, -0.1) is 0 Å². The van der Waals surface area contributed by atoms with Gasteiger partial charge in [0.25, 0.3) is 0 Å². The number of nitrogens with one attached hydrogen (secondary N) is 1. The summed E-state index contributed by atoms with van der Waals surface area (Å²) in [6.07, 6.45) is 1.96. The maximum Gasteiger partial charge on any atom is 0.106 e. The molecule has 1 heterocycles. The molecular formula is C16H22BrN3. The Labute approximate surface area is 129 Å². The molecule has 0 unspecified atom stereocenters. The Bertz CT molecular complexity index is 582. The number of imidazole rings is 1. The second kappa shape index (κ2) is 6.10. The molecule has 4 heteroatoms. The van der Waals surface area contributed by atoms with Gasteiger partial charge in [-0.25, -0.2) is 4.98 Å². The van der Waals surface area contributed by atoms with E-state index in [9.17, 15) is 0 Å². The number of aryl methyl sites for hydroxylation is 1. The monoisotopic (exact) mass is 335 g/mol. The van der Waals surface area contributed by atoms with E-state index in [0.717, 1.165) is 23.4 Å². The lowest BCUT2D eigenvalue weighted by molar-refractivity contribution is 0.416. The van der Waals surface area contributed by atoms with Crippen LogP contribution in [0.15, 0.2) is 34.9 Å². The zero-order valence-corrected chi connectivity index (χ0v) is 14.2. The zero-order valence-electron chi connectivity index (χ0n) is 12.6. The lowest BCUT2D eigenvalue weighted by Crippen LogP contribution is -2.35. The Morgan fingerprint density at radius 1 is 1.25 bits per heavy atom. The first kappa shape index (κ1) is 15.3. The van der Waals surface area contributed by atoms with Gasteiger partial charge in [0.2, 0.25) is 0 Å². The summed E-state index contributed by atoms with van der Waals surface area (Å²) in [4.78, 5) is 4.45. The van der Waals surface area contributed by atoms with Gasteiger partial charge >= 0.3 is 0 Å². The summed E-state index contributed by atoms with van der Waals surface area (Å²) in [7, 11) is 0. The lowest BCUT2D eigenvalue weighted by Gasteiger charge is -2.21. The molecule has 0 aliphatic heterocycles. The largest absolute Gasteiger partial charge is 0.327 e. The highest BCUT2D eigenvalue weighted by molar-refractivity contribution is 9.10. The molecule has 0 aliphatic rings. The minimum absolute atomic E-state index is 0.107. The van der Waals surface area contributed by atoms with E-state index in [-0.39, 0.29) is 5.54 Å². The average molecular weight is 336 g/mol. The molecule has 1 aromatic heterocycles. The number of nitrogens with zero attached hydrogens (tertiary/aromatic N) is 2. The predicted molar refractivity (Wildman–Crippen MR) is 86.8 cm³/mol. The van der Waals surface area contributed by atoms with Crippen molar-refractivity contribution >= 4 is 15.9 Å². The fourth-order valence-electron chi connectivity index (χ4n) is 2.02. The van der Waals surface area contributed by atoms with Crippen LogP contribution in [0.25, 0.3) is 0 Å². The molecule has 0 atom stereocenters. The molecule has 1 N–H and O–H groups in total. The summed E-state index contributed by atoms with van der Waals surface area (Å²) in [5, 5.41) is 3.52. The first-order valence-corrected chi connectivity index (χ1v) is 7.65. The second-order valence-corrected chi connectivity index (χ2v) is 6.93. The van der Waals surface area contributed by atoms with Crippen LogP contribution in [0.4, 0.5) is 0 Å². The molecule has 3 nitrogen and oxygen atoms in total. The highest BCUT2D eigenvalue weighted by Gasteiger charge is 2.13. The third-order valence-electron chi connectivity index (χ3n) is 3.22. The molecule has 0 spiro atoms. The quantitative estimate of drug-likeness (QED) is 0.918. The van der Waals surface area contributed by atoms with Crippen molar-refractivity contribution in [1.29, 1.82) is 0 Å². The van der Waals surface area contributed by atoms with Gasteiger partial charge in [0, 0.05) is 22.8 Å². The smallest absolute Gasteiger partial charge is 0.106 e. The minimum atomic E-state index is 0.107. The van der Waals surface area contributed by atoms with Gasteiger partial charge in [0.15, 0.2) is 0 Å². The number of rotatable bonds is 4. The van der Waals surface area contributed by atoms with E-state index in [1.807, 2.05) is 12.3 Å². The van der Waals surface area contributed by atoms with E-state index in [1.54, 1.807) is 0 Å². The van der Waals surface area contributed by atoms with Crippen LogP contribution < -0.4 is 5.32 Å². The van der Waals surface area contributed by atoms with Gasteiger partial charge in [0.05, 0.1) is 12.2 Å². The van der Waals surface area contributed by atoms with Crippen molar-refractivity contribution in [1.82, 2.24) is 14.9 Å². The Balaban J connectivity index is 2.19. The van der Waals surface area contributed by atoms with Crippen molar-refractivity contribution in [2.24, 2.45) is 0 Å². The standard InChI is InChI=1S/C16H22BrN3/c1-12-18-9-14(10-19-16(2,3)4)20(12)11-13-7-5-6-8-15(13)17/h5-9,19H,10-11H2,1-4H3. The Kier molecular flexibility index (Phi) is 4.66. The van der Waals surface area contributed by atoms with Gasteiger partial charge in [-0.2, -0.15) is 0 Å². The van der Waals surface area contributed by atoms with Crippen molar-refractivity contribution in [2.45, 2.75) is 46.3 Å². The summed E-state index contributed by atoms with van der Waals surface area (Å²) in [6, 6.07) is 8.33. The molecule has 2 rings (SSSR count). The van der Waals surface area contributed by atoms with Crippen LogP contribution in [-0.2, 0) is 13.1 Å². The molecule has 0 saturated carbocycles. The van der Waals surface area contributed by atoms with Gasteiger partial charge in [-0.3, -0.25) is 0 Å². The van der Waals surface area contributed by atoms with Crippen molar-refractivity contribution in [3.63, 3.8) is 0 Å². The molecule has 0 bridgehead atoms. The number of hydrogen-bond donors (Lipinski definition) is 1. The summed E-state index contributed by atoms with van der Waals surface area (Å²) < 4.78 is 3.40. The number of aromatic nitrogens is 2. The Hall–Kier alpha value is -1.13. The van der Waals surface area contributed by atoms with Crippen LogP contribution in [0, 0.1) is 6.92 Å². The summed E-state index contributed by atoms with van der Waals surface area (Å²) in [6.45, 7) is 10.2. The maximum absolute atomic E-state index is 4.45. The fourth-order valence-corrected chi connectivity index (χ4v) is 2.44. The Morgan fingerprint density at radius 2 is 1.95 bits per heavy atom. The van der Waals surface area contributed by atoms with Crippen LogP contribution >= 0.6 is 15.9 Å². The van der Waals surface area contributed by atoms with E-state index >= 15 is 0 Å². The molecule has 0 saturated heterocycles. The average Bonchev–Trinajstić information content (AvgIpc) is 2.70. The molecule has 2 aromatic rings. The van der Waals surface area contributed by atoms with E-state index in [4.69, 9.17) is 0 Å². The zero-order chi connectivity index (χ0) is 14.8. The second-order valence-electron chi connectivity index (χ2n) is 6.08. The summed E-state index contributed by atoms with van der Waals surface area (Å²) in [5.74, 6) is 1.05. The predicted octanol–water partition coefficient (Wildman–Crippen LogP) is 3.89. The number of benzene rings is 1. The van der Waals surface area contributed by atoms with E-state index in [0.29, 0.717) is 0 Å². The van der Waals surface area contributed by atoms with Crippen molar-refractivity contribution in [2.75, 3.05) is 0 Å². The first-order valence-electron chi connectivity index (χ1n) is 6.86. The topological polar surface area (TPSA) is 29.9 Å². The van der Waals surface area contributed by atoms with Crippen LogP contribution in [-0.4, -0.2) is 15.1 Å².